The summed E-state index contributed by atoms with van der Waals surface area (Å²) in [4.78, 5) is 11.0. The van der Waals surface area contributed by atoms with Crippen LogP contribution in [0.15, 0.2) is 10.7 Å². The molecule has 3 heterocycles. The van der Waals surface area contributed by atoms with E-state index in [0.29, 0.717) is 29.6 Å². The highest BCUT2D eigenvalue weighted by atomic mass is 16.5. The predicted octanol–water partition coefficient (Wildman–Crippen LogP) is 2.55. The highest BCUT2D eigenvalue weighted by molar-refractivity contribution is 5.40. The molecule has 1 unspecified atom stereocenters. The third kappa shape index (κ3) is 4.22. The van der Waals surface area contributed by atoms with Crippen LogP contribution in [0, 0.1) is 12.8 Å². The number of piperidine rings is 1. The number of aromatic nitrogens is 3. The van der Waals surface area contributed by atoms with Crippen LogP contribution < -0.4 is 0 Å². The maximum atomic E-state index is 10.4. The average molecular weight is 360 g/mol. The van der Waals surface area contributed by atoms with Crippen LogP contribution in [0.3, 0.4) is 0 Å². The molecule has 3 rings (SSSR count). The van der Waals surface area contributed by atoms with Gasteiger partial charge >= 0.3 is 0 Å². The van der Waals surface area contributed by atoms with E-state index < -0.39 is 0 Å². The number of aromatic hydroxyl groups is 1. The van der Waals surface area contributed by atoms with Gasteiger partial charge in [0.2, 0.25) is 5.89 Å². The number of hydrogen-bond acceptors (Lipinski definition) is 7. The van der Waals surface area contributed by atoms with Gasteiger partial charge in [0.1, 0.15) is 5.75 Å². The first-order valence-electron chi connectivity index (χ1n) is 9.30. The van der Waals surface area contributed by atoms with Gasteiger partial charge < -0.3 is 14.7 Å². The van der Waals surface area contributed by atoms with Gasteiger partial charge in [-0.2, -0.15) is 4.98 Å². The molecule has 2 N–H and O–H groups in total. The lowest BCUT2D eigenvalue weighted by Crippen LogP contribution is -2.34. The van der Waals surface area contributed by atoms with Gasteiger partial charge in [0.25, 0.3) is 0 Å². The first-order valence-corrected chi connectivity index (χ1v) is 9.30. The van der Waals surface area contributed by atoms with E-state index in [2.05, 4.69) is 33.9 Å². The molecule has 142 valence electrons. The molecule has 1 aliphatic heterocycles. The van der Waals surface area contributed by atoms with E-state index in [-0.39, 0.29) is 18.3 Å². The zero-order chi connectivity index (χ0) is 18.7. The molecule has 0 radical (unpaired) electrons. The Labute approximate surface area is 154 Å². The summed E-state index contributed by atoms with van der Waals surface area (Å²) in [5, 5.41) is 24.0. The number of aliphatic hydroxyl groups is 1. The van der Waals surface area contributed by atoms with E-state index in [1.807, 2.05) is 0 Å². The molecule has 0 aromatic carbocycles. The number of nitrogens with zero attached hydrogens (tertiary/aromatic N) is 4. The van der Waals surface area contributed by atoms with Crippen LogP contribution in [0.4, 0.5) is 0 Å². The smallest absolute Gasteiger partial charge is 0.231 e. The lowest BCUT2D eigenvalue weighted by Gasteiger charge is -2.31. The van der Waals surface area contributed by atoms with Gasteiger partial charge in [-0.3, -0.25) is 9.88 Å². The molecular formula is C19H28N4O3. The zero-order valence-electron chi connectivity index (χ0n) is 15.8. The van der Waals surface area contributed by atoms with Crippen molar-refractivity contribution in [3.8, 4) is 5.75 Å². The van der Waals surface area contributed by atoms with Crippen molar-refractivity contribution in [1.82, 2.24) is 20.0 Å². The molecular weight excluding hydrogens is 332 g/mol. The Kier molecular flexibility index (Phi) is 5.88. The Bertz CT molecular complexity index is 744. The maximum absolute atomic E-state index is 10.4. The van der Waals surface area contributed by atoms with Crippen molar-refractivity contribution in [1.29, 1.82) is 0 Å². The van der Waals surface area contributed by atoms with Gasteiger partial charge in [-0.1, -0.05) is 19.0 Å². The molecule has 7 heteroatoms. The third-order valence-corrected chi connectivity index (χ3v) is 4.91. The molecule has 1 atom stereocenters. The second kappa shape index (κ2) is 8.14. The van der Waals surface area contributed by atoms with Crippen LogP contribution in [-0.4, -0.2) is 43.3 Å². The van der Waals surface area contributed by atoms with Gasteiger partial charge in [0.05, 0.1) is 18.2 Å². The van der Waals surface area contributed by atoms with Crippen molar-refractivity contribution >= 4 is 0 Å². The fourth-order valence-electron chi connectivity index (χ4n) is 3.50. The Morgan fingerprint density at radius 3 is 2.92 bits per heavy atom. The molecule has 0 amide bonds. The van der Waals surface area contributed by atoms with Gasteiger partial charge in [-0.25, -0.2) is 0 Å². The predicted molar refractivity (Wildman–Crippen MR) is 96.7 cm³/mol. The Balaban J connectivity index is 1.71. The van der Waals surface area contributed by atoms with Crippen molar-refractivity contribution in [3.63, 3.8) is 0 Å². The largest absolute Gasteiger partial charge is 0.506 e. The Morgan fingerprint density at radius 2 is 2.19 bits per heavy atom. The van der Waals surface area contributed by atoms with Crippen molar-refractivity contribution < 1.29 is 14.7 Å². The van der Waals surface area contributed by atoms with E-state index >= 15 is 0 Å². The number of rotatable bonds is 6. The normalized spacial score (nSPS) is 18.6. The highest BCUT2D eigenvalue weighted by Crippen LogP contribution is 2.30. The molecule has 1 fully saturated rings. The Hall–Kier alpha value is -1.99. The molecule has 0 spiro atoms. The molecule has 1 saturated heterocycles. The van der Waals surface area contributed by atoms with Gasteiger partial charge in [0.15, 0.2) is 5.82 Å². The fraction of sp³-hybridized carbons (Fsp3) is 0.632. The molecule has 0 saturated carbocycles. The van der Waals surface area contributed by atoms with E-state index in [1.165, 1.54) is 0 Å². The monoisotopic (exact) mass is 360 g/mol. The molecule has 0 aliphatic carbocycles. The molecule has 7 nitrogen and oxygen atoms in total. The first kappa shape index (κ1) is 18.8. The summed E-state index contributed by atoms with van der Waals surface area (Å²) in [6.45, 7) is 8.24. The summed E-state index contributed by atoms with van der Waals surface area (Å²) >= 11 is 0. The lowest BCUT2D eigenvalue weighted by molar-refractivity contribution is 0.176. The molecule has 1 aliphatic rings. The number of aliphatic hydroxyl groups excluding tert-OH is 1. The second-order valence-corrected chi connectivity index (χ2v) is 7.58. The zero-order valence-corrected chi connectivity index (χ0v) is 15.8. The third-order valence-electron chi connectivity index (χ3n) is 4.91. The maximum Gasteiger partial charge on any atom is 0.231 e. The molecule has 2 aromatic heterocycles. The quantitative estimate of drug-likeness (QED) is 0.817. The number of likely N-dealkylation sites (tertiary alicyclic amines) is 1. The molecule has 26 heavy (non-hydrogen) atoms. The van der Waals surface area contributed by atoms with Crippen LogP contribution >= 0.6 is 0 Å². The summed E-state index contributed by atoms with van der Waals surface area (Å²) < 4.78 is 5.50. The van der Waals surface area contributed by atoms with Crippen LogP contribution in [0.25, 0.3) is 0 Å². The summed E-state index contributed by atoms with van der Waals surface area (Å²) in [7, 11) is 0. The molecule has 0 bridgehead atoms. The summed E-state index contributed by atoms with van der Waals surface area (Å²) in [5.74, 6) is 2.37. The van der Waals surface area contributed by atoms with Crippen molar-refractivity contribution in [3.05, 3.63) is 34.7 Å². The van der Waals surface area contributed by atoms with E-state index in [0.717, 1.165) is 43.7 Å². The van der Waals surface area contributed by atoms with Gasteiger partial charge in [0, 0.05) is 36.8 Å². The SMILES string of the molecule is Cc1ncc(CO)c(CN2CCCC(c3nc(CC(C)C)no3)C2)c1O. The van der Waals surface area contributed by atoms with Gasteiger partial charge in [-0.05, 0) is 32.2 Å². The summed E-state index contributed by atoms with van der Waals surface area (Å²) in [6, 6.07) is 0. The second-order valence-electron chi connectivity index (χ2n) is 7.58. The first-order chi connectivity index (χ1) is 12.5. The van der Waals surface area contributed by atoms with Crippen molar-refractivity contribution in [2.45, 2.75) is 59.1 Å². The lowest BCUT2D eigenvalue weighted by atomic mass is 9.97. The number of pyridine rings is 1. The summed E-state index contributed by atoms with van der Waals surface area (Å²) in [6.07, 6.45) is 4.52. The van der Waals surface area contributed by atoms with Crippen molar-refractivity contribution in [2.75, 3.05) is 13.1 Å². The van der Waals surface area contributed by atoms with Crippen LogP contribution in [0.1, 0.15) is 61.1 Å². The average Bonchev–Trinajstić information content (AvgIpc) is 3.07. The highest BCUT2D eigenvalue weighted by Gasteiger charge is 2.27. The minimum atomic E-state index is -0.129. The van der Waals surface area contributed by atoms with Crippen molar-refractivity contribution in [2.24, 2.45) is 5.92 Å². The number of hydrogen-bond donors (Lipinski definition) is 2. The standard InChI is InChI=1S/C19H28N4O3/c1-12(2)7-17-21-19(26-22-17)14-5-4-6-23(9-14)10-16-15(11-24)8-20-13(3)18(16)25/h8,12,14,24-25H,4-7,9-11H2,1-3H3. The van der Waals surface area contributed by atoms with E-state index in [1.54, 1.807) is 13.1 Å². The minimum Gasteiger partial charge on any atom is -0.506 e. The minimum absolute atomic E-state index is 0.129. The van der Waals surface area contributed by atoms with Crippen LogP contribution in [-0.2, 0) is 19.6 Å². The number of aryl methyl sites for hydroxylation is 1. The van der Waals surface area contributed by atoms with Gasteiger partial charge in [-0.15, -0.1) is 0 Å². The van der Waals surface area contributed by atoms with E-state index in [4.69, 9.17) is 4.52 Å². The van der Waals surface area contributed by atoms with E-state index in [9.17, 15) is 10.2 Å². The van der Waals surface area contributed by atoms with Crippen LogP contribution in [0.2, 0.25) is 0 Å². The summed E-state index contributed by atoms with van der Waals surface area (Å²) in [5.41, 5.74) is 2.01. The molecule has 2 aromatic rings. The fourth-order valence-corrected chi connectivity index (χ4v) is 3.50. The topological polar surface area (TPSA) is 95.5 Å². The Morgan fingerprint density at radius 1 is 1.38 bits per heavy atom. The van der Waals surface area contributed by atoms with Crippen LogP contribution in [0.5, 0.6) is 5.75 Å².